The van der Waals surface area contributed by atoms with Gasteiger partial charge < -0.3 is 29.9 Å². The number of rotatable bonds is 8. The van der Waals surface area contributed by atoms with Crippen molar-refractivity contribution in [3.63, 3.8) is 0 Å². The van der Waals surface area contributed by atoms with Crippen LogP contribution in [0.5, 0.6) is 5.75 Å². The molecule has 1 aliphatic heterocycles. The van der Waals surface area contributed by atoms with Gasteiger partial charge in [-0.3, -0.25) is 0 Å². The van der Waals surface area contributed by atoms with Gasteiger partial charge >= 0.3 is 0 Å². The van der Waals surface area contributed by atoms with Crippen LogP contribution in [0.4, 0.5) is 0 Å². The number of ether oxygens (including phenoxy) is 2. The summed E-state index contributed by atoms with van der Waals surface area (Å²) in [6.45, 7) is 2.19. The molecule has 4 N–H and O–H groups in total. The molecule has 1 heterocycles. The fraction of sp³-hybridized carbons (Fsp3) is 0.417. The van der Waals surface area contributed by atoms with Crippen molar-refractivity contribution in [2.45, 2.75) is 50.3 Å². The largest absolute Gasteiger partial charge is 0.490 e. The standard InChI is InChI=1S/C24H30O6/c1-2-3-4-12-29-19-10-8-16(9-11-19)13-17-6-5-7-18(14-17)24-23(28)22(27)21(26)20(15-25)30-24/h3-11,14,20-28H,2,12-13,15H2,1H3/b4-3+/t20-,21-,22+,23-,24+/m1/s1. The summed E-state index contributed by atoms with van der Waals surface area (Å²) in [6.07, 6.45) is -0.0339. The normalized spacial score (nSPS) is 26.8. The molecule has 0 bridgehead atoms. The Morgan fingerprint density at radius 2 is 1.70 bits per heavy atom. The van der Waals surface area contributed by atoms with Crippen LogP contribution in [0.1, 0.15) is 36.1 Å². The molecule has 1 fully saturated rings. The number of aliphatic hydroxyl groups excluding tert-OH is 4. The molecule has 0 unspecified atom stereocenters. The second-order valence-corrected chi connectivity index (χ2v) is 7.51. The molecule has 0 aliphatic carbocycles. The van der Waals surface area contributed by atoms with Gasteiger partial charge in [0.2, 0.25) is 0 Å². The van der Waals surface area contributed by atoms with Crippen molar-refractivity contribution in [1.29, 1.82) is 0 Å². The first kappa shape index (κ1) is 22.5. The number of hydrogen-bond acceptors (Lipinski definition) is 6. The molecule has 30 heavy (non-hydrogen) atoms. The van der Waals surface area contributed by atoms with Crippen molar-refractivity contribution in [2.75, 3.05) is 13.2 Å². The van der Waals surface area contributed by atoms with Crippen molar-refractivity contribution in [2.24, 2.45) is 0 Å². The van der Waals surface area contributed by atoms with E-state index in [0.717, 1.165) is 23.3 Å². The molecule has 162 valence electrons. The number of aliphatic hydroxyl groups is 4. The highest BCUT2D eigenvalue weighted by Crippen LogP contribution is 2.33. The van der Waals surface area contributed by atoms with Gasteiger partial charge in [-0.05, 0) is 41.7 Å². The molecule has 0 amide bonds. The van der Waals surface area contributed by atoms with E-state index in [-0.39, 0.29) is 0 Å². The van der Waals surface area contributed by atoms with Gasteiger partial charge in [-0.25, -0.2) is 0 Å². The van der Waals surface area contributed by atoms with Gasteiger partial charge in [-0.1, -0.05) is 55.5 Å². The molecule has 0 radical (unpaired) electrons. The molecule has 1 saturated heterocycles. The van der Waals surface area contributed by atoms with Crippen LogP contribution in [0.25, 0.3) is 0 Å². The zero-order valence-corrected chi connectivity index (χ0v) is 17.1. The van der Waals surface area contributed by atoms with E-state index in [1.165, 1.54) is 0 Å². The van der Waals surface area contributed by atoms with Crippen molar-refractivity contribution in [3.05, 3.63) is 77.4 Å². The van der Waals surface area contributed by atoms with Crippen LogP contribution in [0.3, 0.4) is 0 Å². The minimum atomic E-state index is -1.38. The van der Waals surface area contributed by atoms with Crippen molar-refractivity contribution < 1.29 is 29.9 Å². The summed E-state index contributed by atoms with van der Waals surface area (Å²) in [7, 11) is 0. The molecule has 6 nitrogen and oxygen atoms in total. The third kappa shape index (κ3) is 5.47. The predicted octanol–water partition coefficient (Wildman–Crippen LogP) is 2.14. The molecular weight excluding hydrogens is 384 g/mol. The molecule has 6 heteroatoms. The number of hydrogen-bond donors (Lipinski definition) is 4. The van der Waals surface area contributed by atoms with E-state index in [1.54, 1.807) is 6.07 Å². The van der Waals surface area contributed by atoms with Crippen molar-refractivity contribution >= 4 is 0 Å². The quantitative estimate of drug-likeness (QED) is 0.494. The van der Waals surface area contributed by atoms with E-state index in [4.69, 9.17) is 9.47 Å². The molecule has 2 aromatic rings. The van der Waals surface area contributed by atoms with Crippen LogP contribution in [0.2, 0.25) is 0 Å². The lowest BCUT2D eigenvalue weighted by molar-refractivity contribution is -0.231. The fourth-order valence-corrected chi connectivity index (χ4v) is 3.58. The minimum absolute atomic E-state index is 0.441. The Morgan fingerprint density at radius 1 is 0.933 bits per heavy atom. The first-order valence-corrected chi connectivity index (χ1v) is 10.3. The minimum Gasteiger partial charge on any atom is -0.490 e. The molecule has 0 aromatic heterocycles. The predicted molar refractivity (Wildman–Crippen MR) is 113 cm³/mol. The lowest BCUT2D eigenvalue weighted by Gasteiger charge is -2.40. The van der Waals surface area contributed by atoms with E-state index in [1.807, 2.05) is 48.5 Å². The van der Waals surface area contributed by atoms with Gasteiger partial charge in [0.05, 0.1) is 6.61 Å². The molecular formula is C24H30O6. The summed E-state index contributed by atoms with van der Waals surface area (Å²) >= 11 is 0. The second kappa shape index (κ2) is 10.7. The van der Waals surface area contributed by atoms with Gasteiger partial charge in [-0.15, -0.1) is 0 Å². The Hall–Kier alpha value is -2.22. The summed E-state index contributed by atoms with van der Waals surface area (Å²) in [6, 6.07) is 15.5. The smallest absolute Gasteiger partial charge is 0.119 e. The van der Waals surface area contributed by atoms with Gasteiger partial charge in [0.25, 0.3) is 0 Å². The summed E-state index contributed by atoms with van der Waals surface area (Å²) in [5, 5.41) is 39.8. The van der Waals surface area contributed by atoms with E-state index in [0.29, 0.717) is 18.6 Å². The first-order valence-electron chi connectivity index (χ1n) is 10.3. The molecule has 2 aromatic carbocycles. The lowest BCUT2D eigenvalue weighted by atomic mass is 9.90. The second-order valence-electron chi connectivity index (χ2n) is 7.51. The number of benzene rings is 2. The Labute approximate surface area is 177 Å². The maximum absolute atomic E-state index is 10.4. The third-order valence-electron chi connectivity index (χ3n) is 5.25. The molecule has 1 aliphatic rings. The zero-order valence-electron chi connectivity index (χ0n) is 17.1. The zero-order chi connectivity index (χ0) is 21.5. The van der Waals surface area contributed by atoms with E-state index >= 15 is 0 Å². The molecule has 0 saturated carbocycles. The van der Waals surface area contributed by atoms with Gasteiger partial charge in [0, 0.05) is 0 Å². The first-order chi connectivity index (χ1) is 14.5. The summed E-state index contributed by atoms with van der Waals surface area (Å²) in [5.41, 5.74) is 2.81. The Bertz CT molecular complexity index is 817. The highest BCUT2D eigenvalue weighted by Gasteiger charge is 2.43. The molecule has 3 rings (SSSR count). The van der Waals surface area contributed by atoms with E-state index in [9.17, 15) is 20.4 Å². The topological polar surface area (TPSA) is 99.4 Å². The Balaban J connectivity index is 1.67. The van der Waals surface area contributed by atoms with Crippen molar-refractivity contribution in [1.82, 2.24) is 0 Å². The fourth-order valence-electron chi connectivity index (χ4n) is 3.58. The SMILES string of the molecule is CC/C=C/COc1ccc(Cc2cccc([C@@H]3O[C@H](CO)[C@@H](O)[C@H](O)[C@H]3O)c2)cc1. The van der Waals surface area contributed by atoms with Gasteiger partial charge in [0.1, 0.15) is 42.9 Å². The third-order valence-corrected chi connectivity index (χ3v) is 5.25. The molecule has 0 spiro atoms. The summed E-state index contributed by atoms with van der Waals surface area (Å²) in [5.74, 6) is 0.814. The Kier molecular flexibility index (Phi) is 8.01. The van der Waals surface area contributed by atoms with Crippen molar-refractivity contribution in [3.8, 4) is 5.75 Å². The lowest BCUT2D eigenvalue weighted by Crippen LogP contribution is -2.55. The highest BCUT2D eigenvalue weighted by atomic mass is 16.5. The summed E-state index contributed by atoms with van der Waals surface area (Å²) < 4.78 is 11.3. The van der Waals surface area contributed by atoms with E-state index in [2.05, 4.69) is 13.0 Å². The Morgan fingerprint density at radius 3 is 2.40 bits per heavy atom. The molecule has 5 atom stereocenters. The van der Waals surface area contributed by atoms with Crippen LogP contribution < -0.4 is 4.74 Å². The van der Waals surface area contributed by atoms with E-state index < -0.39 is 37.1 Å². The van der Waals surface area contributed by atoms with Gasteiger partial charge in [-0.2, -0.15) is 0 Å². The monoisotopic (exact) mass is 414 g/mol. The maximum Gasteiger partial charge on any atom is 0.119 e. The highest BCUT2D eigenvalue weighted by molar-refractivity contribution is 5.34. The van der Waals surface area contributed by atoms with Gasteiger partial charge in [0.15, 0.2) is 0 Å². The average Bonchev–Trinajstić information content (AvgIpc) is 2.77. The van der Waals surface area contributed by atoms with Crippen LogP contribution in [-0.2, 0) is 11.2 Å². The summed E-state index contributed by atoms with van der Waals surface area (Å²) in [4.78, 5) is 0. The van der Waals surface area contributed by atoms with Crippen LogP contribution in [0.15, 0.2) is 60.7 Å². The van der Waals surface area contributed by atoms with Crippen LogP contribution >= 0.6 is 0 Å². The number of allylic oxidation sites excluding steroid dienone is 1. The average molecular weight is 414 g/mol. The van der Waals surface area contributed by atoms with Crippen LogP contribution in [-0.4, -0.2) is 58.1 Å². The maximum atomic E-state index is 10.4. The van der Waals surface area contributed by atoms with Crippen LogP contribution in [0, 0.1) is 0 Å².